The van der Waals surface area contributed by atoms with Gasteiger partial charge in [-0.2, -0.15) is 0 Å². The van der Waals surface area contributed by atoms with Crippen LogP contribution in [0.25, 0.3) is 0 Å². The van der Waals surface area contributed by atoms with Gasteiger partial charge in [0.15, 0.2) is 11.5 Å². The van der Waals surface area contributed by atoms with Crippen molar-refractivity contribution in [2.24, 2.45) is 0 Å². The molecule has 0 spiro atoms. The minimum atomic E-state index is -2.31. The van der Waals surface area contributed by atoms with E-state index in [2.05, 4.69) is 14.8 Å². The van der Waals surface area contributed by atoms with Crippen molar-refractivity contribution in [3.63, 3.8) is 0 Å². The highest BCUT2D eigenvalue weighted by atomic mass is 79.9. The SMILES string of the molecule is Br.COC(=O)C1(C(=O)OC)Oc2ccc(C[C@@H](C)NC[C@H](O)c3cccc(Cl)c3)cc2O1. The van der Waals surface area contributed by atoms with E-state index in [-0.39, 0.29) is 34.5 Å². The Hall–Kier alpha value is -2.33. The molecule has 0 aromatic heterocycles. The zero-order valence-electron chi connectivity index (χ0n) is 17.8. The summed E-state index contributed by atoms with van der Waals surface area (Å²) in [6.07, 6.45) is -0.0962. The number of nitrogens with one attached hydrogen (secondary N) is 1. The number of carbonyl (C=O) groups excluding carboxylic acids is 2. The number of aliphatic hydroxyl groups excluding tert-OH is 1. The molecule has 8 nitrogen and oxygen atoms in total. The molecule has 2 aromatic carbocycles. The molecule has 0 fully saturated rings. The third-order valence-electron chi connectivity index (χ3n) is 4.86. The average molecular weight is 531 g/mol. The quantitative estimate of drug-likeness (QED) is 0.397. The summed E-state index contributed by atoms with van der Waals surface area (Å²) in [6, 6.07) is 12.2. The number of fused-ring (bicyclic) bond motifs is 1. The fraction of sp³-hybridized carbons (Fsp3) is 0.364. The Bertz CT molecular complexity index is 955. The Kier molecular flexibility index (Phi) is 8.91. The van der Waals surface area contributed by atoms with Gasteiger partial charge in [-0.05, 0) is 48.7 Å². The molecular formula is C22H25BrClNO7. The van der Waals surface area contributed by atoms with Crippen molar-refractivity contribution in [1.29, 1.82) is 0 Å². The molecule has 0 unspecified atom stereocenters. The lowest BCUT2D eigenvalue weighted by Crippen LogP contribution is -2.55. The predicted octanol–water partition coefficient (Wildman–Crippen LogP) is 2.99. The van der Waals surface area contributed by atoms with Crippen LogP contribution in [-0.4, -0.2) is 49.6 Å². The van der Waals surface area contributed by atoms with Crippen LogP contribution in [0.4, 0.5) is 0 Å². The van der Waals surface area contributed by atoms with E-state index in [1.54, 1.807) is 36.4 Å². The molecule has 2 atom stereocenters. The van der Waals surface area contributed by atoms with E-state index < -0.39 is 23.8 Å². The Morgan fingerprint density at radius 3 is 2.38 bits per heavy atom. The lowest BCUT2D eigenvalue weighted by molar-refractivity contribution is -0.199. The van der Waals surface area contributed by atoms with Crippen LogP contribution in [0.5, 0.6) is 11.5 Å². The van der Waals surface area contributed by atoms with Crippen LogP contribution < -0.4 is 14.8 Å². The topological polar surface area (TPSA) is 103 Å². The molecular weight excluding hydrogens is 506 g/mol. The van der Waals surface area contributed by atoms with Gasteiger partial charge in [0.05, 0.1) is 20.3 Å². The summed E-state index contributed by atoms with van der Waals surface area (Å²) in [6.45, 7) is 2.32. The minimum absolute atomic E-state index is 0. The number of carbonyl (C=O) groups is 2. The van der Waals surface area contributed by atoms with Gasteiger partial charge in [-0.15, -0.1) is 17.0 Å². The second-order valence-corrected chi connectivity index (χ2v) is 7.61. The van der Waals surface area contributed by atoms with E-state index in [4.69, 9.17) is 21.1 Å². The van der Waals surface area contributed by atoms with Crippen molar-refractivity contribution < 1.29 is 33.6 Å². The van der Waals surface area contributed by atoms with Crippen LogP contribution >= 0.6 is 28.6 Å². The first-order chi connectivity index (χ1) is 14.8. The predicted molar refractivity (Wildman–Crippen MR) is 122 cm³/mol. The Morgan fingerprint density at radius 1 is 1.09 bits per heavy atom. The monoisotopic (exact) mass is 529 g/mol. The van der Waals surface area contributed by atoms with Gasteiger partial charge in [0.1, 0.15) is 0 Å². The second kappa shape index (κ2) is 11.0. The van der Waals surface area contributed by atoms with Gasteiger partial charge >= 0.3 is 17.7 Å². The van der Waals surface area contributed by atoms with Crippen molar-refractivity contribution >= 4 is 40.5 Å². The zero-order chi connectivity index (χ0) is 22.6. The summed E-state index contributed by atoms with van der Waals surface area (Å²) < 4.78 is 20.3. The number of aliphatic hydroxyl groups is 1. The first-order valence-corrected chi connectivity index (χ1v) is 10.0. The van der Waals surface area contributed by atoms with Gasteiger partial charge in [-0.3, -0.25) is 0 Å². The highest BCUT2D eigenvalue weighted by Gasteiger charge is 2.59. The van der Waals surface area contributed by atoms with E-state index in [9.17, 15) is 14.7 Å². The lowest BCUT2D eigenvalue weighted by Gasteiger charge is -2.21. The van der Waals surface area contributed by atoms with Crippen LogP contribution in [0, 0.1) is 0 Å². The number of hydrogen-bond donors (Lipinski definition) is 2. The third-order valence-corrected chi connectivity index (χ3v) is 5.09. The van der Waals surface area contributed by atoms with Gasteiger partial charge in [0.2, 0.25) is 0 Å². The van der Waals surface area contributed by atoms with Crippen molar-refractivity contribution in [1.82, 2.24) is 5.32 Å². The summed E-state index contributed by atoms with van der Waals surface area (Å²) in [7, 11) is 2.25. The largest absolute Gasteiger partial charge is 0.463 e. The molecule has 1 aliphatic rings. The zero-order valence-corrected chi connectivity index (χ0v) is 20.3. The van der Waals surface area contributed by atoms with Crippen molar-refractivity contribution in [2.75, 3.05) is 20.8 Å². The molecule has 3 rings (SSSR count). The molecule has 1 aliphatic heterocycles. The van der Waals surface area contributed by atoms with Crippen molar-refractivity contribution in [2.45, 2.75) is 31.3 Å². The number of hydrogen-bond acceptors (Lipinski definition) is 8. The fourth-order valence-electron chi connectivity index (χ4n) is 3.26. The minimum Gasteiger partial charge on any atom is -0.463 e. The first kappa shape index (κ1) is 25.9. The smallest absolute Gasteiger partial charge is 0.453 e. The molecule has 2 N–H and O–H groups in total. The summed E-state index contributed by atoms with van der Waals surface area (Å²) in [5.74, 6) is -3.87. The molecule has 1 heterocycles. The van der Waals surface area contributed by atoms with Gasteiger partial charge in [0, 0.05) is 17.6 Å². The Balaban J connectivity index is 0.00000363. The number of halogens is 2. The molecule has 0 aliphatic carbocycles. The molecule has 0 bridgehead atoms. The van der Waals surface area contributed by atoms with Crippen LogP contribution in [-0.2, 0) is 25.5 Å². The number of rotatable bonds is 8. The number of benzene rings is 2. The van der Waals surface area contributed by atoms with Gasteiger partial charge in [-0.25, -0.2) is 9.59 Å². The van der Waals surface area contributed by atoms with E-state index in [0.29, 0.717) is 18.0 Å². The molecule has 0 amide bonds. The van der Waals surface area contributed by atoms with E-state index >= 15 is 0 Å². The highest BCUT2D eigenvalue weighted by Crippen LogP contribution is 2.41. The third kappa shape index (κ3) is 5.53. The van der Waals surface area contributed by atoms with Crippen LogP contribution in [0.2, 0.25) is 5.02 Å². The maximum atomic E-state index is 12.1. The summed E-state index contributed by atoms with van der Waals surface area (Å²) in [5.41, 5.74) is 1.61. The molecule has 0 saturated heterocycles. The molecule has 174 valence electrons. The van der Waals surface area contributed by atoms with E-state index in [1.165, 1.54) is 0 Å². The molecule has 10 heteroatoms. The van der Waals surface area contributed by atoms with Crippen molar-refractivity contribution in [3.8, 4) is 11.5 Å². The summed E-state index contributed by atoms with van der Waals surface area (Å²) in [4.78, 5) is 24.3. The fourth-order valence-corrected chi connectivity index (χ4v) is 3.46. The average Bonchev–Trinajstić information content (AvgIpc) is 3.16. The molecule has 0 radical (unpaired) electrons. The maximum absolute atomic E-state index is 12.1. The summed E-state index contributed by atoms with van der Waals surface area (Å²) >= 11 is 5.97. The van der Waals surface area contributed by atoms with E-state index in [1.807, 2.05) is 13.0 Å². The van der Waals surface area contributed by atoms with Crippen LogP contribution in [0.15, 0.2) is 42.5 Å². The second-order valence-electron chi connectivity index (χ2n) is 7.17. The Labute approximate surface area is 201 Å². The Morgan fingerprint density at radius 2 is 1.75 bits per heavy atom. The van der Waals surface area contributed by atoms with Crippen molar-refractivity contribution in [3.05, 3.63) is 58.6 Å². The number of esters is 2. The molecule has 32 heavy (non-hydrogen) atoms. The first-order valence-electron chi connectivity index (χ1n) is 9.63. The van der Waals surface area contributed by atoms with Gasteiger partial charge in [-0.1, -0.05) is 29.8 Å². The lowest BCUT2D eigenvalue weighted by atomic mass is 10.1. The van der Waals surface area contributed by atoms with Gasteiger partial charge in [0.25, 0.3) is 0 Å². The van der Waals surface area contributed by atoms with Crippen LogP contribution in [0.3, 0.4) is 0 Å². The van der Waals surface area contributed by atoms with E-state index in [0.717, 1.165) is 25.3 Å². The maximum Gasteiger partial charge on any atom is 0.453 e. The highest BCUT2D eigenvalue weighted by molar-refractivity contribution is 8.93. The number of methoxy groups -OCH3 is 2. The van der Waals surface area contributed by atoms with Crippen LogP contribution in [0.1, 0.15) is 24.2 Å². The number of ether oxygens (including phenoxy) is 4. The summed E-state index contributed by atoms with van der Waals surface area (Å²) in [5, 5.41) is 14.2. The van der Waals surface area contributed by atoms with Gasteiger partial charge < -0.3 is 29.4 Å². The molecule has 0 saturated carbocycles. The molecule has 2 aromatic rings. The standard InChI is InChI=1S/C22H24ClNO7.BrH/c1-13(24-12-17(25)15-5-4-6-16(23)11-15)9-14-7-8-18-19(10-14)31-22(30-18,20(26)28-2)21(27)29-3;/h4-8,10-11,13,17,24-25H,9,12H2,1-3H3;1H/t13-,17+;/m1./s1. The normalized spacial score (nSPS) is 15.3.